The molecule has 6 heteroatoms. The van der Waals surface area contributed by atoms with Crippen LogP contribution in [0, 0.1) is 0 Å². The molecule has 0 fully saturated rings. The highest BCUT2D eigenvalue weighted by Gasteiger charge is 2.19. The summed E-state index contributed by atoms with van der Waals surface area (Å²) in [7, 11) is 0. The number of hydrogen-bond acceptors (Lipinski definition) is 6. The maximum atomic E-state index is 12.8. The highest BCUT2D eigenvalue weighted by molar-refractivity contribution is 5.71. The molecule has 0 aliphatic heterocycles. The SMILES string of the molecule is CC\C=C/C=C\C=C/C=C\C=C\C=C/CCCCCC(=O)OC(COC(=O)CCCCC/C=C\C/C=C\C/C=C\C/C=C\CC)COC(=O)CCCCCCC/C=C\CCCCCCCCCCC. The van der Waals surface area contributed by atoms with Crippen LogP contribution in [0.1, 0.15) is 226 Å². The zero-order valence-electron chi connectivity index (χ0n) is 44.3. The van der Waals surface area contributed by atoms with Gasteiger partial charge in [-0.15, -0.1) is 0 Å². The molecule has 0 aromatic heterocycles. The lowest BCUT2D eigenvalue weighted by atomic mass is 10.1. The van der Waals surface area contributed by atoms with Crippen molar-refractivity contribution in [2.75, 3.05) is 13.2 Å². The normalized spacial score (nSPS) is 13.1. The van der Waals surface area contributed by atoms with Crippen LogP contribution < -0.4 is 0 Å². The smallest absolute Gasteiger partial charge is 0.306 e. The molecule has 0 aromatic carbocycles. The minimum absolute atomic E-state index is 0.115. The van der Waals surface area contributed by atoms with E-state index in [0.29, 0.717) is 19.3 Å². The third-order valence-electron chi connectivity index (χ3n) is 11.3. The average molecular weight is 953 g/mol. The Morgan fingerprint density at radius 3 is 1.09 bits per heavy atom. The van der Waals surface area contributed by atoms with Crippen LogP contribution in [-0.4, -0.2) is 37.2 Å². The van der Waals surface area contributed by atoms with E-state index in [1.54, 1.807) is 0 Å². The van der Waals surface area contributed by atoms with Gasteiger partial charge in [0, 0.05) is 19.3 Å². The minimum atomic E-state index is -0.824. The predicted molar refractivity (Wildman–Crippen MR) is 297 cm³/mol. The van der Waals surface area contributed by atoms with E-state index in [0.717, 1.165) is 109 Å². The summed E-state index contributed by atoms with van der Waals surface area (Å²) in [4.78, 5) is 38.1. The Hall–Kier alpha value is -4.45. The lowest BCUT2D eigenvalue weighted by Crippen LogP contribution is -2.30. The van der Waals surface area contributed by atoms with E-state index in [4.69, 9.17) is 14.2 Å². The molecule has 0 aliphatic rings. The van der Waals surface area contributed by atoms with Crippen LogP contribution in [-0.2, 0) is 28.6 Å². The summed E-state index contributed by atoms with van der Waals surface area (Å²) in [5, 5.41) is 0. The standard InChI is InChI=1S/C63H100O6/c1-4-7-10-13-16-19-22-25-28-31-33-35-38-41-44-47-50-53-56-62(65)68-59-60(58-67-61(64)55-52-49-46-43-40-37-34-30-27-24-21-18-15-12-9-6-3)69-63(66)57-54-51-48-45-42-39-36-32-29-26-23-20-17-14-11-8-5-2/h8-9,11-12,14,17-18,20-21,23,26-27,29-30,32-33,35-37,39-40,42,60H,4-7,10,13,15-16,19,22,24-25,28,31,34,38,41,43-59H2,1-3H3/b11-8-,12-9-,17-14-,21-18-,23-20-,29-26-,30-27-,35-33-,36-32+,40-37-,42-39-. The first-order valence-electron chi connectivity index (χ1n) is 27.8. The summed E-state index contributed by atoms with van der Waals surface area (Å²) in [6, 6.07) is 0. The largest absolute Gasteiger partial charge is 0.462 e. The summed E-state index contributed by atoms with van der Waals surface area (Å²) in [5.74, 6) is -1.00. The van der Waals surface area contributed by atoms with Crippen molar-refractivity contribution in [3.63, 3.8) is 0 Å². The van der Waals surface area contributed by atoms with Crippen LogP contribution in [0.2, 0.25) is 0 Å². The molecule has 0 N–H and O–H groups in total. The van der Waals surface area contributed by atoms with Gasteiger partial charge >= 0.3 is 17.9 Å². The topological polar surface area (TPSA) is 78.9 Å². The lowest BCUT2D eigenvalue weighted by molar-refractivity contribution is -0.167. The van der Waals surface area contributed by atoms with Crippen LogP contribution in [0.4, 0.5) is 0 Å². The van der Waals surface area contributed by atoms with Gasteiger partial charge in [0.05, 0.1) is 0 Å². The van der Waals surface area contributed by atoms with Gasteiger partial charge in [-0.3, -0.25) is 14.4 Å². The first-order valence-corrected chi connectivity index (χ1v) is 27.8. The highest BCUT2D eigenvalue weighted by Crippen LogP contribution is 2.13. The zero-order chi connectivity index (χ0) is 50.0. The number of carbonyl (C=O) groups excluding carboxylic acids is 3. The predicted octanol–water partition coefficient (Wildman–Crippen LogP) is 18.6. The Bertz CT molecular complexity index is 1510. The van der Waals surface area contributed by atoms with Gasteiger partial charge in [-0.2, -0.15) is 0 Å². The number of unbranched alkanes of at least 4 members (excludes halogenated alkanes) is 20. The molecule has 0 saturated carbocycles. The van der Waals surface area contributed by atoms with Crippen molar-refractivity contribution in [3.05, 3.63) is 134 Å². The first kappa shape index (κ1) is 64.5. The summed E-state index contributed by atoms with van der Waals surface area (Å²) >= 11 is 0. The van der Waals surface area contributed by atoms with Crippen LogP contribution in [0.25, 0.3) is 0 Å². The quantitative estimate of drug-likeness (QED) is 0.0199. The Labute approximate surface area is 424 Å². The van der Waals surface area contributed by atoms with Gasteiger partial charge in [-0.05, 0) is 103 Å². The molecule has 6 nitrogen and oxygen atoms in total. The van der Waals surface area contributed by atoms with Crippen LogP contribution in [0.15, 0.2) is 134 Å². The van der Waals surface area contributed by atoms with Crippen molar-refractivity contribution in [3.8, 4) is 0 Å². The van der Waals surface area contributed by atoms with Crippen molar-refractivity contribution < 1.29 is 28.6 Å². The third-order valence-corrected chi connectivity index (χ3v) is 11.3. The first-order chi connectivity index (χ1) is 34.0. The molecule has 0 amide bonds. The molecule has 0 aromatic rings. The molecule has 0 bridgehead atoms. The average Bonchev–Trinajstić information content (AvgIpc) is 3.35. The number of hydrogen-bond donors (Lipinski definition) is 0. The second kappa shape index (κ2) is 56.1. The van der Waals surface area contributed by atoms with Gasteiger partial charge in [0.2, 0.25) is 0 Å². The van der Waals surface area contributed by atoms with Gasteiger partial charge in [-0.25, -0.2) is 0 Å². The molecule has 388 valence electrons. The Morgan fingerprint density at radius 2 is 0.638 bits per heavy atom. The number of esters is 3. The van der Waals surface area contributed by atoms with Gasteiger partial charge in [-0.1, -0.05) is 238 Å². The summed E-state index contributed by atoms with van der Waals surface area (Å²) < 4.78 is 16.8. The van der Waals surface area contributed by atoms with E-state index in [1.165, 1.54) is 70.6 Å². The monoisotopic (exact) mass is 953 g/mol. The van der Waals surface area contributed by atoms with Gasteiger partial charge in [0.1, 0.15) is 13.2 Å². The molecule has 0 aliphatic carbocycles. The molecule has 1 unspecified atom stereocenters. The van der Waals surface area contributed by atoms with Crippen molar-refractivity contribution >= 4 is 17.9 Å². The van der Waals surface area contributed by atoms with Crippen molar-refractivity contribution in [2.45, 2.75) is 232 Å². The minimum Gasteiger partial charge on any atom is -0.462 e. The second-order valence-corrected chi connectivity index (χ2v) is 17.9. The van der Waals surface area contributed by atoms with Gasteiger partial charge in [0.25, 0.3) is 0 Å². The fourth-order valence-electron chi connectivity index (χ4n) is 7.16. The maximum Gasteiger partial charge on any atom is 0.306 e. The van der Waals surface area contributed by atoms with E-state index < -0.39 is 6.10 Å². The molecule has 0 saturated heterocycles. The summed E-state index contributed by atoms with van der Waals surface area (Å²) in [5.41, 5.74) is 0. The van der Waals surface area contributed by atoms with E-state index in [2.05, 4.69) is 93.7 Å². The van der Waals surface area contributed by atoms with E-state index in [-0.39, 0.29) is 37.5 Å². The van der Waals surface area contributed by atoms with E-state index in [1.807, 2.05) is 60.8 Å². The van der Waals surface area contributed by atoms with Crippen LogP contribution in [0.3, 0.4) is 0 Å². The molecule has 69 heavy (non-hydrogen) atoms. The summed E-state index contributed by atoms with van der Waals surface area (Å²) in [6.07, 6.45) is 78.6. The Kier molecular flexibility index (Phi) is 52.5. The second-order valence-electron chi connectivity index (χ2n) is 17.9. The lowest BCUT2D eigenvalue weighted by Gasteiger charge is -2.18. The molecule has 0 radical (unpaired) electrons. The van der Waals surface area contributed by atoms with Crippen molar-refractivity contribution in [1.82, 2.24) is 0 Å². The molecule has 1 atom stereocenters. The Morgan fingerprint density at radius 1 is 0.319 bits per heavy atom. The Balaban J connectivity index is 4.56. The van der Waals surface area contributed by atoms with Crippen molar-refractivity contribution in [2.24, 2.45) is 0 Å². The maximum absolute atomic E-state index is 12.8. The number of carbonyl (C=O) groups is 3. The van der Waals surface area contributed by atoms with Gasteiger partial charge in [0.15, 0.2) is 6.10 Å². The number of allylic oxidation sites excluding steroid dienone is 22. The van der Waals surface area contributed by atoms with Gasteiger partial charge < -0.3 is 14.2 Å². The van der Waals surface area contributed by atoms with Crippen molar-refractivity contribution in [1.29, 1.82) is 0 Å². The number of ether oxygens (including phenoxy) is 3. The fourth-order valence-corrected chi connectivity index (χ4v) is 7.16. The molecule has 0 rings (SSSR count). The van der Waals surface area contributed by atoms with Crippen LogP contribution in [0.5, 0.6) is 0 Å². The molecular formula is C63H100O6. The zero-order valence-corrected chi connectivity index (χ0v) is 44.3. The third kappa shape index (κ3) is 54.4. The van der Waals surface area contributed by atoms with E-state index >= 15 is 0 Å². The molecule has 0 spiro atoms. The molecule has 0 heterocycles. The molecular weight excluding hydrogens is 853 g/mol. The highest BCUT2D eigenvalue weighted by atomic mass is 16.6. The van der Waals surface area contributed by atoms with E-state index in [9.17, 15) is 14.4 Å². The number of rotatable bonds is 48. The van der Waals surface area contributed by atoms with Crippen LogP contribution >= 0.6 is 0 Å². The summed E-state index contributed by atoms with van der Waals surface area (Å²) in [6.45, 7) is 6.30. The fraction of sp³-hybridized carbons (Fsp3) is 0.603.